The van der Waals surface area contributed by atoms with Crippen molar-refractivity contribution in [2.75, 3.05) is 11.9 Å². The molecule has 0 aromatic heterocycles. The van der Waals surface area contributed by atoms with E-state index in [4.69, 9.17) is 0 Å². The summed E-state index contributed by atoms with van der Waals surface area (Å²) in [5.41, 5.74) is 2.30. The maximum atomic E-state index is 3.52. The fourth-order valence-corrected chi connectivity index (χ4v) is 2.31. The predicted octanol–water partition coefficient (Wildman–Crippen LogP) is 5.34. The minimum absolute atomic E-state index is 0.796. The first-order valence-electron chi connectivity index (χ1n) is 5.66. The number of anilines is 1. The Kier molecular flexibility index (Phi) is 5.02. The van der Waals surface area contributed by atoms with Crippen molar-refractivity contribution in [1.82, 2.24) is 0 Å². The highest BCUT2D eigenvalue weighted by Crippen LogP contribution is 2.25. The molecule has 18 heavy (non-hydrogen) atoms. The van der Waals surface area contributed by atoms with Crippen LogP contribution in [0, 0.1) is 0 Å². The minimum atomic E-state index is 0.796. The molecule has 2 rings (SSSR count). The summed E-state index contributed by atoms with van der Waals surface area (Å²) < 4.78 is 2.14. The molecule has 0 aliphatic carbocycles. The van der Waals surface area contributed by atoms with Gasteiger partial charge in [-0.2, -0.15) is 0 Å². The maximum absolute atomic E-state index is 3.52. The molecule has 3 heteroatoms. The molecule has 2 aromatic rings. The standard InChI is InChI=1S/C15H13Br2N/c16-13-8-9-14(17)15(11-13)18-10-4-7-12-5-2-1-3-6-12/h1-9,11,18H,10H2/b7-4+. The molecule has 0 fully saturated rings. The quantitative estimate of drug-likeness (QED) is 0.770. The highest BCUT2D eigenvalue weighted by Gasteiger charge is 1.98. The van der Waals surface area contributed by atoms with Crippen molar-refractivity contribution >= 4 is 43.6 Å². The lowest BCUT2D eigenvalue weighted by atomic mass is 10.2. The smallest absolute Gasteiger partial charge is 0.0498 e. The van der Waals surface area contributed by atoms with E-state index in [9.17, 15) is 0 Å². The molecule has 92 valence electrons. The Morgan fingerprint density at radius 1 is 1.00 bits per heavy atom. The van der Waals surface area contributed by atoms with Crippen LogP contribution in [0.4, 0.5) is 5.69 Å². The van der Waals surface area contributed by atoms with Gasteiger partial charge in [-0.1, -0.05) is 58.4 Å². The van der Waals surface area contributed by atoms with E-state index < -0.39 is 0 Å². The molecule has 0 radical (unpaired) electrons. The minimum Gasteiger partial charge on any atom is -0.381 e. The van der Waals surface area contributed by atoms with Gasteiger partial charge in [0.2, 0.25) is 0 Å². The number of benzene rings is 2. The van der Waals surface area contributed by atoms with Crippen molar-refractivity contribution in [3.63, 3.8) is 0 Å². The van der Waals surface area contributed by atoms with Gasteiger partial charge in [0.1, 0.15) is 0 Å². The van der Waals surface area contributed by atoms with Crippen LogP contribution in [-0.4, -0.2) is 6.54 Å². The SMILES string of the molecule is Brc1ccc(Br)c(NC/C=C/c2ccccc2)c1. The van der Waals surface area contributed by atoms with Gasteiger partial charge in [-0.3, -0.25) is 0 Å². The number of halogens is 2. The molecular weight excluding hydrogens is 354 g/mol. The third-order valence-corrected chi connectivity index (χ3v) is 3.63. The van der Waals surface area contributed by atoms with Crippen LogP contribution in [0.15, 0.2) is 63.6 Å². The molecule has 1 nitrogen and oxygen atoms in total. The summed E-state index contributed by atoms with van der Waals surface area (Å²) in [5.74, 6) is 0. The molecule has 0 spiro atoms. The lowest BCUT2D eigenvalue weighted by Gasteiger charge is -2.06. The summed E-state index contributed by atoms with van der Waals surface area (Å²) in [7, 11) is 0. The van der Waals surface area contributed by atoms with Gasteiger partial charge in [0, 0.05) is 21.2 Å². The second-order valence-corrected chi connectivity index (χ2v) is 5.59. The summed E-state index contributed by atoms with van der Waals surface area (Å²) in [6.45, 7) is 0.796. The first-order valence-corrected chi connectivity index (χ1v) is 7.25. The highest BCUT2D eigenvalue weighted by molar-refractivity contribution is 9.11. The zero-order chi connectivity index (χ0) is 12.8. The zero-order valence-corrected chi connectivity index (χ0v) is 12.9. The summed E-state index contributed by atoms with van der Waals surface area (Å²) in [6, 6.07) is 16.4. The Morgan fingerprint density at radius 3 is 2.56 bits per heavy atom. The van der Waals surface area contributed by atoms with E-state index in [1.807, 2.05) is 30.3 Å². The van der Waals surface area contributed by atoms with Crippen LogP contribution < -0.4 is 5.32 Å². The van der Waals surface area contributed by atoms with E-state index in [2.05, 4.69) is 67.5 Å². The Hall–Kier alpha value is -1.06. The Morgan fingerprint density at radius 2 is 1.78 bits per heavy atom. The van der Waals surface area contributed by atoms with Gasteiger partial charge in [-0.25, -0.2) is 0 Å². The van der Waals surface area contributed by atoms with Gasteiger partial charge in [0.05, 0.1) is 0 Å². The van der Waals surface area contributed by atoms with Gasteiger partial charge in [-0.15, -0.1) is 0 Å². The van der Waals surface area contributed by atoms with Crippen molar-refractivity contribution in [1.29, 1.82) is 0 Å². The molecule has 0 atom stereocenters. The fourth-order valence-electron chi connectivity index (χ4n) is 1.56. The first-order chi connectivity index (χ1) is 8.75. The predicted molar refractivity (Wildman–Crippen MR) is 85.8 cm³/mol. The average Bonchev–Trinajstić information content (AvgIpc) is 2.40. The van der Waals surface area contributed by atoms with Crippen LogP contribution in [0.25, 0.3) is 6.08 Å². The summed E-state index contributed by atoms with van der Waals surface area (Å²) >= 11 is 6.98. The fraction of sp³-hybridized carbons (Fsp3) is 0.0667. The van der Waals surface area contributed by atoms with E-state index in [0.29, 0.717) is 0 Å². The number of nitrogens with one attached hydrogen (secondary N) is 1. The molecule has 0 bridgehead atoms. The second kappa shape index (κ2) is 6.76. The van der Waals surface area contributed by atoms with Crippen LogP contribution >= 0.6 is 31.9 Å². The molecule has 0 unspecified atom stereocenters. The van der Waals surface area contributed by atoms with Crippen molar-refractivity contribution < 1.29 is 0 Å². The normalized spacial score (nSPS) is 10.8. The first kappa shape index (κ1) is 13.4. The van der Waals surface area contributed by atoms with Gasteiger partial charge < -0.3 is 5.32 Å². The number of rotatable bonds is 4. The second-order valence-electron chi connectivity index (χ2n) is 3.82. The van der Waals surface area contributed by atoms with Gasteiger partial charge in [0.25, 0.3) is 0 Å². The third-order valence-electron chi connectivity index (χ3n) is 2.45. The summed E-state index contributed by atoms with van der Waals surface area (Å²) in [4.78, 5) is 0. The lowest BCUT2D eigenvalue weighted by Crippen LogP contribution is -1.98. The number of hydrogen-bond acceptors (Lipinski definition) is 1. The molecule has 0 heterocycles. The van der Waals surface area contributed by atoms with Crippen molar-refractivity contribution in [3.05, 3.63) is 69.1 Å². The highest BCUT2D eigenvalue weighted by atomic mass is 79.9. The van der Waals surface area contributed by atoms with Gasteiger partial charge >= 0.3 is 0 Å². The van der Waals surface area contributed by atoms with Crippen LogP contribution in [0.3, 0.4) is 0 Å². The summed E-state index contributed by atoms with van der Waals surface area (Å²) in [5, 5.41) is 3.36. The van der Waals surface area contributed by atoms with Crippen molar-refractivity contribution in [2.24, 2.45) is 0 Å². The van der Waals surface area contributed by atoms with Crippen molar-refractivity contribution in [2.45, 2.75) is 0 Å². The molecule has 0 aliphatic rings. The molecule has 0 aliphatic heterocycles. The molecule has 0 saturated heterocycles. The maximum Gasteiger partial charge on any atom is 0.0498 e. The Balaban J connectivity index is 1.92. The average molecular weight is 367 g/mol. The molecular formula is C15H13Br2N. The van der Waals surface area contributed by atoms with E-state index in [1.54, 1.807) is 0 Å². The molecule has 1 N–H and O–H groups in total. The third kappa shape index (κ3) is 4.00. The van der Waals surface area contributed by atoms with Crippen LogP contribution in [0.5, 0.6) is 0 Å². The number of hydrogen-bond donors (Lipinski definition) is 1. The van der Waals surface area contributed by atoms with Gasteiger partial charge in [0.15, 0.2) is 0 Å². The van der Waals surface area contributed by atoms with Crippen LogP contribution in [-0.2, 0) is 0 Å². The van der Waals surface area contributed by atoms with E-state index >= 15 is 0 Å². The Labute approximate surface area is 124 Å². The molecule has 0 amide bonds. The van der Waals surface area contributed by atoms with Crippen molar-refractivity contribution in [3.8, 4) is 0 Å². The monoisotopic (exact) mass is 365 g/mol. The Bertz CT molecular complexity index is 535. The van der Waals surface area contributed by atoms with Crippen LogP contribution in [0.1, 0.15) is 5.56 Å². The van der Waals surface area contributed by atoms with Gasteiger partial charge in [-0.05, 0) is 39.7 Å². The largest absolute Gasteiger partial charge is 0.381 e. The molecule has 0 saturated carbocycles. The van der Waals surface area contributed by atoms with Crippen LogP contribution in [0.2, 0.25) is 0 Å². The molecule has 2 aromatic carbocycles. The van der Waals surface area contributed by atoms with E-state index in [0.717, 1.165) is 21.2 Å². The summed E-state index contributed by atoms with van der Waals surface area (Å²) in [6.07, 6.45) is 4.22. The zero-order valence-electron chi connectivity index (χ0n) is 9.74. The topological polar surface area (TPSA) is 12.0 Å². The van der Waals surface area contributed by atoms with E-state index in [-0.39, 0.29) is 0 Å². The lowest BCUT2D eigenvalue weighted by molar-refractivity contribution is 1.33. The van der Waals surface area contributed by atoms with E-state index in [1.165, 1.54) is 5.56 Å².